The molecule has 1 rings (SSSR count). The van der Waals surface area contributed by atoms with E-state index >= 15 is 0 Å². The highest BCUT2D eigenvalue weighted by Crippen LogP contribution is 2.29. The zero-order valence-corrected chi connectivity index (χ0v) is 12.7. The predicted molar refractivity (Wildman–Crippen MR) is 78.0 cm³/mol. The van der Waals surface area contributed by atoms with Gasteiger partial charge in [-0.25, -0.2) is 0 Å². The van der Waals surface area contributed by atoms with Crippen molar-refractivity contribution in [1.82, 2.24) is 10.2 Å². The van der Waals surface area contributed by atoms with Gasteiger partial charge < -0.3 is 15.0 Å². The summed E-state index contributed by atoms with van der Waals surface area (Å²) in [6, 6.07) is 0.728. The average molecular weight is 256 g/mol. The molecular weight excluding hydrogens is 224 g/mol. The maximum atomic E-state index is 5.16. The smallest absolute Gasteiger partial charge is 0.0589 e. The average Bonchev–Trinajstić information content (AvgIpc) is 2.35. The molecule has 3 atom stereocenters. The molecular formula is C15H32N2O. The molecule has 18 heavy (non-hydrogen) atoms. The Morgan fingerprint density at radius 3 is 2.78 bits per heavy atom. The Morgan fingerprint density at radius 2 is 2.11 bits per heavy atom. The van der Waals surface area contributed by atoms with Crippen molar-refractivity contribution in [2.75, 3.05) is 40.4 Å². The van der Waals surface area contributed by atoms with E-state index in [-0.39, 0.29) is 0 Å². The summed E-state index contributed by atoms with van der Waals surface area (Å²) in [4.78, 5) is 2.42. The molecule has 3 unspecified atom stereocenters. The summed E-state index contributed by atoms with van der Waals surface area (Å²) in [5, 5.41) is 3.75. The van der Waals surface area contributed by atoms with Crippen LogP contribution < -0.4 is 5.32 Å². The van der Waals surface area contributed by atoms with Gasteiger partial charge in [0.2, 0.25) is 0 Å². The Morgan fingerprint density at radius 1 is 1.33 bits per heavy atom. The Bertz CT molecular complexity index is 209. The summed E-state index contributed by atoms with van der Waals surface area (Å²) < 4.78 is 5.16. The highest BCUT2D eigenvalue weighted by molar-refractivity contribution is 4.85. The maximum Gasteiger partial charge on any atom is 0.0589 e. The van der Waals surface area contributed by atoms with Crippen molar-refractivity contribution in [2.45, 2.75) is 45.6 Å². The number of hydrogen-bond donors (Lipinski definition) is 1. The van der Waals surface area contributed by atoms with E-state index in [9.17, 15) is 0 Å². The number of nitrogens with one attached hydrogen (secondary N) is 1. The first-order valence-electron chi connectivity index (χ1n) is 7.58. The molecule has 0 amide bonds. The highest BCUT2D eigenvalue weighted by atomic mass is 16.5. The third-order valence-corrected chi connectivity index (χ3v) is 4.12. The molecule has 0 aliphatic heterocycles. The van der Waals surface area contributed by atoms with Gasteiger partial charge in [-0.2, -0.15) is 0 Å². The van der Waals surface area contributed by atoms with Crippen LogP contribution in [0.1, 0.15) is 39.5 Å². The van der Waals surface area contributed by atoms with Gasteiger partial charge in [0.25, 0.3) is 0 Å². The van der Waals surface area contributed by atoms with Gasteiger partial charge in [-0.15, -0.1) is 0 Å². The van der Waals surface area contributed by atoms with Crippen LogP contribution in [-0.4, -0.2) is 51.3 Å². The fourth-order valence-corrected chi connectivity index (χ4v) is 3.04. The van der Waals surface area contributed by atoms with E-state index in [4.69, 9.17) is 4.74 Å². The molecule has 108 valence electrons. The molecule has 1 saturated carbocycles. The summed E-state index contributed by atoms with van der Waals surface area (Å²) >= 11 is 0. The fraction of sp³-hybridized carbons (Fsp3) is 1.00. The zero-order valence-electron chi connectivity index (χ0n) is 12.7. The second-order valence-corrected chi connectivity index (χ2v) is 5.99. The second kappa shape index (κ2) is 8.89. The van der Waals surface area contributed by atoms with E-state index < -0.39 is 0 Å². The summed E-state index contributed by atoms with van der Waals surface area (Å²) in [5.41, 5.74) is 0. The molecule has 1 fully saturated rings. The van der Waals surface area contributed by atoms with Crippen LogP contribution in [0.4, 0.5) is 0 Å². The van der Waals surface area contributed by atoms with E-state index in [0.29, 0.717) is 0 Å². The quantitative estimate of drug-likeness (QED) is 0.721. The van der Waals surface area contributed by atoms with Gasteiger partial charge in [-0.1, -0.05) is 13.8 Å². The van der Waals surface area contributed by atoms with Crippen molar-refractivity contribution in [3.05, 3.63) is 0 Å². The maximum absolute atomic E-state index is 5.16. The second-order valence-electron chi connectivity index (χ2n) is 5.99. The SMILES string of the molecule is CCCNC1CCC(C)CC1CN(C)CCOC. The van der Waals surface area contributed by atoms with Gasteiger partial charge in [0, 0.05) is 26.2 Å². The molecule has 3 heteroatoms. The number of hydrogen-bond acceptors (Lipinski definition) is 3. The number of nitrogens with zero attached hydrogens (tertiary/aromatic N) is 1. The first-order chi connectivity index (χ1) is 8.67. The first kappa shape index (κ1) is 15.9. The van der Waals surface area contributed by atoms with Crippen molar-refractivity contribution in [1.29, 1.82) is 0 Å². The third kappa shape index (κ3) is 5.68. The molecule has 0 aromatic rings. The van der Waals surface area contributed by atoms with Crippen molar-refractivity contribution in [2.24, 2.45) is 11.8 Å². The largest absolute Gasteiger partial charge is 0.383 e. The first-order valence-corrected chi connectivity index (χ1v) is 7.58. The molecule has 1 aliphatic rings. The molecule has 3 nitrogen and oxygen atoms in total. The monoisotopic (exact) mass is 256 g/mol. The van der Waals surface area contributed by atoms with Gasteiger partial charge in [0.1, 0.15) is 0 Å². The Kier molecular flexibility index (Phi) is 7.87. The minimum absolute atomic E-state index is 0.728. The van der Waals surface area contributed by atoms with E-state index in [1.807, 2.05) is 0 Å². The van der Waals surface area contributed by atoms with Gasteiger partial charge in [-0.05, 0) is 51.1 Å². The van der Waals surface area contributed by atoms with Crippen LogP contribution in [0, 0.1) is 11.8 Å². The minimum Gasteiger partial charge on any atom is -0.383 e. The van der Waals surface area contributed by atoms with E-state index in [0.717, 1.165) is 37.6 Å². The van der Waals surface area contributed by atoms with Crippen LogP contribution in [0.3, 0.4) is 0 Å². The number of rotatable bonds is 8. The molecule has 1 N–H and O–H groups in total. The lowest BCUT2D eigenvalue weighted by molar-refractivity contribution is 0.124. The lowest BCUT2D eigenvalue weighted by atomic mass is 9.78. The molecule has 0 aromatic heterocycles. The van der Waals surface area contributed by atoms with Gasteiger partial charge in [-0.3, -0.25) is 0 Å². The molecule has 0 radical (unpaired) electrons. The zero-order chi connectivity index (χ0) is 13.4. The molecule has 0 aromatic carbocycles. The van der Waals surface area contributed by atoms with Crippen LogP contribution in [-0.2, 0) is 4.74 Å². The Balaban J connectivity index is 2.39. The van der Waals surface area contributed by atoms with E-state index in [1.54, 1.807) is 7.11 Å². The number of methoxy groups -OCH3 is 1. The lowest BCUT2D eigenvalue weighted by Crippen LogP contribution is -2.45. The van der Waals surface area contributed by atoms with E-state index in [1.165, 1.54) is 32.2 Å². The third-order valence-electron chi connectivity index (χ3n) is 4.12. The summed E-state index contributed by atoms with van der Waals surface area (Å²) in [6.45, 7) is 8.90. The summed E-state index contributed by atoms with van der Waals surface area (Å²) in [6.07, 6.45) is 5.35. The fourth-order valence-electron chi connectivity index (χ4n) is 3.04. The predicted octanol–water partition coefficient (Wildman–Crippen LogP) is 2.37. The minimum atomic E-state index is 0.728. The Hall–Kier alpha value is -0.120. The molecule has 0 saturated heterocycles. The van der Waals surface area contributed by atoms with Crippen molar-refractivity contribution < 1.29 is 4.74 Å². The molecule has 0 heterocycles. The number of ether oxygens (including phenoxy) is 1. The molecule has 0 bridgehead atoms. The van der Waals surface area contributed by atoms with Crippen LogP contribution >= 0.6 is 0 Å². The van der Waals surface area contributed by atoms with Crippen molar-refractivity contribution in [3.63, 3.8) is 0 Å². The highest BCUT2D eigenvalue weighted by Gasteiger charge is 2.28. The Labute approximate surface area is 113 Å². The normalized spacial score (nSPS) is 28.8. The topological polar surface area (TPSA) is 24.5 Å². The van der Waals surface area contributed by atoms with Gasteiger partial charge in [0.15, 0.2) is 0 Å². The summed E-state index contributed by atoms with van der Waals surface area (Å²) in [7, 11) is 4.00. The molecule has 1 aliphatic carbocycles. The van der Waals surface area contributed by atoms with Gasteiger partial charge >= 0.3 is 0 Å². The lowest BCUT2D eigenvalue weighted by Gasteiger charge is -2.37. The van der Waals surface area contributed by atoms with Crippen LogP contribution in [0.25, 0.3) is 0 Å². The van der Waals surface area contributed by atoms with Gasteiger partial charge in [0.05, 0.1) is 6.61 Å². The van der Waals surface area contributed by atoms with Crippen LogP contribution in [0.15, 0.2) is 0 Å². The standard InChI is InChI=1S/C15H32N2O/c1-5-8-16-15-7-6-13(2)11-14(15)12-17(3)9-10-18-4/h13-16H,5-12H2,1-4H3. The van der Waals surface area contributed by atoms with Crippen molar-refractivity contribution >= 4 is 0 Å². The van der Waals surface area contributed by atoms with Crippen LogP contribution in [0.5, 0.6) is 0 Å². The molecule has 0 spiro atoms. The van der Waals surface area contributed by atoms with E-state index in [2.05, 4.69) is 31.1 Å². The summed E-state index contributed by atoms with van der Waals surface area (Å²) in [5.74, 6) is 1.70. The van der Waals surface area contributed by atoms with Crippen molar-refractivity contribution in [3.8, 4) is 0 Å². The number of likely N-dealkylation sites (N-methyl/N-ethyl adjacent to an activating group) is 1. The van der Waals surface area contributed by atoms with Crippen LogP contribution in [0.2, 0.25) is 0 Å².